The van der Waals surface area contributed by atoms with Crippen LogP contribution in [0.5, 0.6) is 5.75 Å². The molecule has 0 radical (unpaired) electrons. The number of pyridine rings is 1. The molecule has 0 saturated heterocycles. The van der Waals surface area contributed by atoms with Crippen LogP contribution >= 0.6 is 0 Å². The van der Waals surface area contributed by atoms with Gasteiger partial charge in [0.15, 0.2) is 11.4 Å². The third-order valence-corrected chi connectivity index (χ3v) is 5.46. The molecular weight excluding hydrogens is 441 g/mol. The number of fused-ring (bicyclic) bond motifs is 1. The molecule has 0 saturated carbocycles. The van der Waals surface area contributed by atoms with Crippen molar-refractivity contribution in [3.63, 3.8) is 0 Å². The Balaban J connectivity index is 2.01. The second kappa shape index (κ2) is 9.39. The normalized spacial score (nSPS) is 19.1. The number of hydrogen-bond acceptors (Lipinski definition) is 5. The minimum absolute atomic E-state index is 0.300. The maximum atomic E-state index is 13.9. The summed E-state index contributed by atoms with van der Waals surface area (Å²) in [5.74, 6) is -6.18. The van der Waals surface area contributed by atoms with Crippen LogP contribution in [0.25, 0.3) is 0 Å². The topological polar surface area (TPSA) is 104 Å². The number of halogens is 3. The van der Waals surface area contributed by atoms with Gasteiger partial charge in [-0.1, -0.05) is 19.1 Å². The number of carbonyl (C=O) groups is 2. The van der Waals surface area contributed by atoms with Gasteiger partial charge >= 0.3 is 0 Å². The van der Waals surface area contributed by atoms with E-state index < -0.39 is 58.1 Å². The van der Waals surface area contributed by atoms with Gasteiger partial charge in [0.1, 0.15) is 23.0 Å². The summed E-state index contributed by atoms with van der Waals surface area (Å²) < 4.78 is 41.9. The van der Waals surface area contributed by atoms with Crippen LogP contribution in [-0.2, 0) is 6.54 Å². The molecule has 8 nitrogen and oxygen atoms in total. The van der Waals surface area contributed by atoms with Crippen LogP contribution in [0.2, 0.25) is 0 Å². The molecule has 0 spiro atoms. The molecule has 0 bridgehead atoms. The second-order valence-electron chi connectivity index (χ2n) is 7.66. The molecule has 2 aromatic rings. The van der Waals surface area contributed by atoms with E-state index in [1.54, 1.807) is 13.0 Å². The SMILES string of the molecule is CCC1/C=C\C(C)N(C)C(=O)c2c(O)c(=O)c(C(=O)NCc3c(F)cc(F)cc3F)cn2N1. The van der Waals surface area contributed by atoms with Gasteiger partial charge < -0.3 is 20.7 Å². The maximum absolute atomic E-state index is 13.9. The summed E-state index contributed by atoms with van der Waals surface area (Å²) in [5.41, 5.74) is 0.315. The van der Waals surface area contributed by atoms with Crippen LogP contribution in [0.3, 0.4) is 0 Å². The molecule has 1 aromatic heterocycles. The van der Waals surface area contributed by atoms with E-state index in [0.29, 0.717) is 18.6 Å². The summed E-state index contributed by atoms with van der Waals surface area (Å²) >= 11 is 0. The van der Waals surface area contributed by atoms with Gasteiger partial charge in [0.2, 0.25) is 5.43 Å². The van der Waals surface area contributed by atoms with Gasteiger partial charge in [-0.25, -0.2) is 13.2 Å². The number of likely N-dealkylation sites (N-methyl/N-ethyl adjacent to an activating group) is 1. The Morgan fingerprint density at radius 2 is 1.82 bits per heavy atom. The molecule has 0 aliphatic carbocycles. The van der Waals surface area contributed by atoms with Crippen LogP contribution in [-0.4, -0.2) is 45.6 Å². The van der Waals surface area contributed by atoms with Crippen LogP contribution in [0.4, 0.5) is 13.2 Å². The van der Waals surface area contributed by atoms with Crippen molar-refractivity contribution in [2.45, 2.75) is 38.9 Å². The molecule has 2 amide bonds. The number of benzene rings is 1. The summed E-state index contributed by atoms with van der Waals surface area (Å²) in [7, 11) is 1.50. The van der Waals surface area contributed by atoms with Crippen molar-refractivity contribution in [1.29, 1.82) is 0 Å². The van der Waals surface area contributed by atoms with Gasteiger partial charge in [-0.3, -0.25) is 19.1 Å². The Bertz CT molecular complexity index is 1170. The zero-order valence-corrected chi connectivity index (χ0v) is 18.2. The van der Waals surface area contributed by atoms with Crippen LogP contribution in [0.1, 0.15) is 46.7 Å². The molecule has 0 fully saturated rings. The Morgan fingerprint density at radius 1 is 1.18 bits per heavy atom. The highest BCUT2D eigenvalue weighted by molar-refractivity contribution is 5.98. The fourth-order valence-corrected chi connectivity index (χ4v) is 3.30. The highest BCUT2D eigenvalue weighted by atomic mass is 19.1. The van der Waals surface area contributed by atoms with Crippen molar-refractivity contribution in [3.8, 4) is 5.75 Å². The summed E-state index contributed by atoms with van der Waals surface area (Å²) in [5, 5.41) is 12.7. The number of hydrogen-bond donors (Lipinski definition) is 3. The van der Waals surface area contributed by atoms with Crippen LogP contribution in [0.15, 0.2) is 35.3 Å². The summed E-state index contributed by atoms with van der Waals surface area (Å²) in [6.07, 6.45) is 5.24. The predicted octanol–water partition coefficient (Wildman–Crippen LogP) is 2.25. The van der Waals surface area contributed by atoms with Crippen molar-refractivity contribution >= 4 is 11.8 Å². The van der Waals surface area contributed by atoms with E-state index in [2.05, 4.69) is 10.7 Å². The van der Waals surface area contributed by atoms with E-state index in [4.69, 9.17) is 0 Å². The highest BCUT2D eigenvalue weighted by Crippen LogP contribution is 2.19. The number of nitrogens with one attached hydrogen (secondary N) is 2. The van der Waals surface area contributed by atoms with E-state index in [0.717, 1.165) is 10.9 Å². The molecule has 11 heteroatoms. The zero-order chi connectivity index (χ0) is 24.4. The van der Waals surface area contributed by atoms with Crippen LogP contribution < -0.4 is 16.2 Å². The van der Waals surface area contributed by atoms with Gasteiger partial charge in [0.25, 0.3) is 11.8 Å². The minimum Gasteiger partial charge on any atom is -0.502 e. The molecule has 3 N–H and O–H groups in total. The molecule has 2 unspecified atom stereocenters. The lowest BCUT2D eigenvalue weighted by Crippen LogP contribution is -2.39. The molecule has 176 valence electrons. The van der Waals surface area contributed by atoms with Gasteiger partial charge in [-0.15, -0.1) is 0 Å². The van der Waals surface area contributed by atoms with Crippen molar-refractivity contribution in [1.82, 2.24) is 14.9 Å². The third kappa shape index (κ3) is 4.71. The van der Waals surface area contributed by atoms with Gasteiger partial charge in [-0.2, -0.15) is 0 Å². The first kappa shape index (κ1) is 23.9. The van der Waals surface area contributed by atoms with Crippen LogP contribution in [0, 0.1) is 17.5 Å². The van der Waals surface area contributed by atoms with E-state index in [-0.39, 0.29) is 17.8 Å². The summed E-state index contributed by atoms with van der Waals surface area (Å²) in [4.78, 5) is 39.6. The number of carbonyl (C=O) groups excluding carboxylic acids is 2. The molecule has 1 aromatic carbocycles. The highest BCUT2D eigenvalue weighted by Gasteiger charge is 2.29. The zero-order valence-electron chi connectivity index (χ0n) is 18.2. The summed E-state index contributed by atoms with van der Waals surface area (Å²) in [6, 6.07) is 0.291. The Morgan fingerprint density at radius 3 is 2.42 bits per heavy atom. The minimum atomic E-state index is -1.20. The largest absolute Gasteiger partial charge is 0.502 e. The predicted molar refractivity (Wildman–Crippen MR) is 114 cm³/mol. The van der Waals surface area contributed by atoms with Crippen molar-refractivity contribution in [2.24, 2.45) is 0 Å². The number of aromatic hydroxyl groups is 1. The van der Waals surface area contributed by atoms with E-state index >= 15 is 0 Å². The van der Waals surface area contributed by atoms with Crippen molar-refractivity contribution in [3.05, 3.63) is 75.0 Å². The van der Waals surface area contributed by atoms with E-state index in [1.807, 2.05) is 13.0 Å². The average Bonchev–Trinajstić information content (AvgIpc) is 2.80. The molecule has 2 heterocycles. The first-order valence-electron chi connectivity index (χ1n) is 10.2. The molecule has 1 aliphatic rings. The molecule has 3 rings (SSSR count). The summed E-state index contributed by atoms with van der Waals surface area (Å²) in [6.45, 7) is 2.96. The van der Waals surface area contributed by atoms with Gasteiger partial charge in [-0.05, 0) is 13.3 Å². The standard InChI is InChI=1S/C22H23F3N4O4/c1-4-13-6-5-11(2)28(3)22(33)18-20(31)19(30)15(10-29(18)27-13)21(32)26-9-14-16(24)7-12(23)8-17(14)25/h5-8,10-11,13,27,31H,4,9H2,1-3H3,(H,26,32)/b6-5-. The fourth-order valence-electron chi connectivity index (χ4n) is 3.30. The first-order chi connectivity index (χ1) is 15.5. The molecule has 1 aliphatic heterocycles. The number of rotatable bonds is 4. The third-order valence-electron chi connectivity index (χ3n) is 5.46. The van der Waals surface area contributed by atoms with Crippen molar-refractivity contribution < 1.29 is 27.9 Å². The number of nitrogens with zero attached hydrogens (tertiary/aromatic N) is 2. The molecular formula is C22H23F3N4O4. The van der Waals surface area contributed by atoms with E-state index in [1.165, 1.54) is 11.9 Å². The van der Waals surface area contributed by atoms with Gasteiger partial charge in [0, 0.05) is 43.5 Å². The molecule has 2 atom stereocenters. The number of amides is 2. The Kier molecular flexibility index (Phi) is 6.80. The lowest BCUT2D eigenvalue weighted by molar-refractivity contribution is 0.0755. The van der Waals surface area contributed by atoms with Crippen molar-refractivity contribution in [2.75, 3.05) is 12.5 Å². The molecule has 33 heavy (non-hydrogen) atoms. The Labute approximate surface area is 187 Å². The maximum Gasteiger partial charge on any atom is 0.276 e. The lowest BCUT2D eigenvalue weighted by Gasteiger charge is -2.24. The monoisotopic (exact) mass is 464 g/mol. The second-order valence-corrected chi connectivity index (χ2v) is 7.66. The quantitative estimate of drug-likeness (QED) is 0.603. The smallest absolute Gasteiger partial charge is 0.276 e. The average molecular weight is 464 g/mol. The first-order valence-corrected chi connectivity index (χ1v) is 10.2. The Hall–Kier alpha value is -3.76. The van der Waals surface area contributed by atoms with Gasteiger partial charge in [0.05, 0.1) is 6.04 Å². The fraction of sp³-hybridized carbons (Fsp3) is 0.318. The lowest BCUT2D eigenvalue weighted by atomic mass is 10.1. The van der Waals surface area contributed by atoms with E-state index in [9.17, 15) is 32.7 Å². The number of aromatic nitrogens is 1.